The maximum Gasteiger partial charge on any atom is 0.0121 e. The van der Waals surface area contributed by atoms with Gasteiger partial charge in [0.2, 0.25) is 0 Å². The highest BCUT2D eigenvalue weighted by Crippen LogP contribution is 2.28. The van der Waals surface area contributed by atoms with Crippen molar-refractivity contribution in [3.63, 3.8) is 0 Å². The molecule has 1 saturated heterocycles. The SMILES string of the molecule is C=C1CCCN(C2CCCCCCC2C)CC1. The molecule has 1 aliphatic carbocycles. The van der Waals surface area contributed by atoms with Crippen LogP contribution in [0.1, 0.15) is 64.7 Å². The van der Waals surface area contributed by atoms with E-state index in [2.05, 4.69) is 18.4 Å². The molecule has 2 fully saturated rings. The molecule has 1 nitrogen and oxygen atoms in total. The predicted molar refractivity (Wildman–Crippen MR) is 75.2 cm³/mol. The maximum atomic E-state index is 4.18. The van der Waals surface area contributed by atoms with Crippen molar-refractivity contribution in [2.24, 2.45) is 5.92 Å². The van der Waals surface area contributed by atoms with Crippen LogP contribution in [0.3, 0.4) is 0 Å². The van der Waals surface area contributed by atoms with E-state index >= 15 is 0 Å². The van der Waals surface area contributed by atoms with Gasteiger partial charge in [-0.15, -0.1) is 0 Å². The molecule has 0 bridgehead atoms. The second-order valence-corrected chi connectivity index (χ2v) is 6.18. The third-order valence-electron chi connectivity index (χ3n) is 4.76. The van der Waals surface area contributed by atoms with Crippen LogP contribution in [0.2, 0.25) is 0 Å². The summed E-state index contributed by atoms with van der Waals surface area (Å²) in [7, 11) is 0. The Morgan fingerprint density at radius 3 is 2.53 bits per heavy atom. The highest BCUT2D eigenvalue weighted by Gasteiger charge is 2.25. The molecule has 0 aromatic heterocycles. The molecule has 0 radical (unpaired) electrons. The third-order valence-corrected chi connectivity index (χ3v) is 4.76. The average Bonchev–Trinajstić information content (AvgIpc) is 2.50. The molecule has 0 aromatic carbocycles. The van der Waals surface area contributed by atoms with Crippen LogP contribution in [-0.2, 0) is 0 Å². The molecule has 2 atom stereocenters. The van der Waals surface area contributed by atoms with E-state index in [0.29, 0.717) is 0 Å². The van der Waals surface area contributed by atoms with Crippen LogP contribution in [0.5, 0.6) is 0 Å². The van der Waals surface area contributed by atoms with Gasteiger partial charge >= 0.3 is 0 Å². The summed E-state index contributed by atoms with van der Waals surface area (Å²) in [5.74, 6) is 0.904. The molecule has 1 aliphatic heterocycles. The molecule has 2 aliphatic rings. The first kappa shape index (κ1) is 13.1. The Kier molecular flexibility index (Phi) is 5.09. The minimum absolute atomic E-state index is 0.862. The van der Waals surface area contributed by atoms with E-state index in [0.717, 1.165) is 12.0 Å². The molecular weight excluding hydrogens is 206 g/mol. The smallest absolute Gasteiger partial charge is 0.0121 e. The van der Waals surface area contributed by atoms with E-state index in [1.165, 1.54) is 76.5 Å². The lowest BCUT2D eigenvalue weighted by Crippen LogP contribution is -2.41. The van der Waals surface area contributed by atoms with Crippen molar-refractivity contribution in [3.8, 4) is 0 Å². The highest BCUT2D eigenvalue weighted by atomic mass is 15.2. The van der Waals surface area contributed by atoms with Gasteiger partial charge in [-0.05, 0) is 44.6 Å². The zero-order valence-electron chi connectivity index (χ0n) is 11.6. The van der Waals surface area contributed by atoms with Gasteiger partial charge < -0.3 is 0 Å². The van der Waals surface area contributed by atoms with E-state index in [4.69, 9.17) is 0 Å². The topological polar surface area (TPSA) is 3.24 Å². The van der Waals surface area contributed by atoms with E-state index in [-0.39, 0.29) is 0 Å². The predicted octanol–water partition coefficient (Wildman–Crippen LogP) is 4.39. The van der Waals surface area contributed by atoms with Gasteiger partial charge in [0.15, 0.2) is 0 Å². The fourth-order valence-corrected chi connectivity index (χ4v) is 3.60. The van der Waals surface area contributed by atoms with Crippen molar-refractivity contribution < 1.29 is 0 Å². The van der Waals surface area contributed by atoms with Crippen LogP contribution in [0.25, 0.3) is 0 Å². The van der Waals surface area contributed by atoms with Gasteiger partial charge in [0, 0.05) is 12.6 Å². The van der Waals surface area contributed by atoms with Gasteiger partial charge in [-0.2, -0.15) is 0 Å². The second-order valence-electron chi connectivity index (χ2n) is 6.18. The van der Waals surface area contributed by atoms with Crippen LogP contribution in [0.4, 0.5) is 0 Å². The zero-order chi connectivity index (χ0) is 12.1. The van der Waals surface area contributed by atoms with E-state index in [1.54, 1.807) is 0 Å². The monoisotopic (exact) mass is 235 g/mol. The summed E-state index contributed by atoms with van der Waals surface area (Å²) in [6.45, 7) is 9.25. The van der Waals surface area contributed by atoms with Crippen LogP contribution in [0, 0.1) is 5.92 Å². The maximum absolute atomic E-state index is 4.18. The molecule has 98 valence electrons. The molecule has 1 saturated carbocycles. The van der Waals surface area contributed by atoms with Gasteiger partial charge in [-0.1, -0.05) is 44.8 Å². The van der Waals surface area contributed by atoms with E-state index < -0.39 is 0 Å². The van der Waals surface area contributed by atoms with Gasteiger partial charge in [0.25, 0.3) is 0 Å². The van der Waals surface area contributed by atoms with E-state index in [9.17, 15) is 0 Å². The summed E-state index contributed by atoms with van der Waals surface area (Å²) in [5, 5.41) is 0. The van der Waals surface area contributed by atoms with Crippen molar-refractivity contribution in [2.45, 2.75) is 70.8 Å². The number of rotatable bonds is 1. The first-order chi connectivity index (χ1) is 8.27. The van der Waals surface area contributed by atoms with Crippen LogP contribution in [0.15, 0.2) is 12.2 Å². The summed E-state index contributed by atoms with van der Waals surface area (Å²) in [5.41, 5.74) is 1.48. The Hall–Kier alpha value is -0.300. The van der Waals surface area contributed by atoms with Gasteiger partial charge in [0.1, 0.15) is 0 Å². The lowest BCUT2D eigenvalue weighted by atomic mass is 9.87. The molecule has 17 heavy (non-hydrogen) atoms. The van der Waals surface area contributed by atoms with Crippen LogP contribution in [-0.4, -0.2) is 24.0 Å². The van der Waals surface area contributed by atoms with Gasteiger partial charge in [-0.3, -0.25) is 4.90 Å². The molecule has 2 rings (SSSR count). The van der Waals surface area contributed by atoms with Gasteiger partial charge in [0.05, 0.1) is 0 Å². The van der Waals surface area contributed by atoms with Gasteiger partial charge in [-0.25, -0.2) is 0 Å². The fourth-order valence-electron chi connectivity index (χ4n) is 3.60. The van der Waals surface area contributed by atoms with Crippen molar-refractivity contribution in [1.29, 1.82) is 0 Å². The fraction of sp³-hybridized carbons (Fsp3) is 0.875. The summed E-state index contributed by atoms with van der Waals surface area (Å²) in [6.07, 6.45) is 12.6. The Morgan fingerprint density at radius 1 is 0.941 bits per heavy atom. The summed E-state index contributed by atoms with van der Waals surface area (Å²) < 4.78 is 0. The standard InChI is InChI=1S/C16H29N/c1-14-8-7-12-17(13-11-14)16-10-6-4-3-5-9-15(16)2/h15-16H,1,3-13H2,2H3. The number of hydrogen-bond donors (Lipinski definition) is 0. The molecule has 1 heteroatoms. The minimum atomic E-state index is 0.862. The van der Waals surface area contributed by atoms with E-state index in [1.807, 2.05) is 0 Å². The Bertz CT molecular complexity index is 246. The number of likely N-dealkylation sites (tertiary alicyclic amines) is 1. The molecule has 0 amide bonds. The normalized spacial score (nSPS) is 33.8. The minimum Gasteiger partial charge on any atom is -0.300 e. The molecule has 2 unspecified atom stereocenters. The largest absolute Gasteiger partial charge is 0.300 e. The van der Waals surface area contributed by atoms with Crippen molar-refractivity contribution in [3.05, 3.63) is 12.2 Å². The Morgan fingerprint density at radius 2 is 1.71 bits per heavy atom. The molecule has 1 heterocycles. The molecule has 0 aromatic rings. The molecule has 0 spiro atoms. The van der Waals surface area contributed by atoms with Crippen LogP contribution < -0.4 is 0 Å². The lowest BCUT2D eigenvalue weighted by Gasteiger charge is -2.36. The first-order valence-electron chi connectivity index (χ1n) is 7.68. The summed E-state index contributed by atoms with van der Waals surface area (Å²) in [6, 6.07) is 0.862. The summed E-state index contributed by atoms with van der Waals surface area (Å²) in [4.78, 5) is 2.79. The summed E-state index contributed by atoms with van der Waals surface area (Å²) >= 11 is 0. The quantitative estimate of drug-likeness (QED) is 0.609. The number of hydrogen-bond acceptors (Lipinski definition) is 1. The Balaban J connectivity index is 1.94. The number of nitrogens with zero attached hydrogens (tertiary/aromatic N) is 1. The zero-order valence-corrected chi connectivity index (χ0v) is 11.6. The molecule has 0 N–H and O–H groups in total. The Labute approximate surface area is 107 Å². The van der Waals surface area contributed by atoms with Crippen LogP contribution >= 0.6 is 0 Å². The lowest BCUT2D eigenvalue weighted by molar-refractivity contribution is 0.129. The second kappa shape index (κ2) is 6.58. The average molecular weight is 235 g/mol. The van der Waals surface area contributed by atoms with Crippen molar-refractivity contribution >= 4 is 0 Å². The third kappa shape index (κ3) is 3.84. The first-order valence-corrected chi connectivity index (χ1v) is 7.68. The highest BCUT2D eigenvalue weighted by molar-refractivity contribution is 4.97. The molecular formula is C16H29N. The van der Waals surface area contributed by atoms with Crippen molar-refractivity contribution in [2.75, 3.05) is 13.1 Å². The van der Waals surface area contributed by atoms with Crippen molar-refractivity contribution in [1.82, 2.24) is 4.90 Å².